The molecule has 0 spiro atoms. The van der Waals surface area contributed by atoms with Gasteiger partial charge in [0.05, 0.1) is 0 Å². The van der Waals surface area contributed by atoms with Gasteiger partial charge in [-0.3, -0.25) is 10.1 Å². The van der Waals surface area contributed by atoms with E-state index >= 15 is 0 Å². The number of pyridine rings is 1. The quantitative estimate of drug-likeness (QED) is 0.871. The Labute approximate surface area is 118 Å². The molecule has 0 aromatic carbocycles. The van der Waals surface area contributed by atoms with Crippen LogP contribution < -0.4 is 10.2 Å². The number of aromatic amines is 1. The van der Waals surface area contributed by atoms with E-state index in [4.69, 9.17) is 0 Å². The number of rotatable bonds is 3. The van der Waals surface area contributed by atoms with E-state index in [0.29, 0.717) is 12.1 Å². The summed E-state index contributed by atoms with van der Waals surface area (Å²) in [5, 5.41) is 10.9. The fourth-order valence-electron chi connectivity index (χ4n) is 2.69. The molecule has 3 rings (SSSR count). The van der Waals surface area contributed by atoms with E-state index in [1.165, 1.54) is 0 Å². The molecule has 2 N–H and O–H groups in total. The number of nitrogens with one attached hydrogen (secondary N) is 2. The zero-order valence-electron chi connectivity index (χ0n) is 11.9. The van der Waals surface area contributed by atoms with Crippen molar-refractivity contribution in [3.63, 3.8) is 0 Å². The normalized spacial score (nSPS) is 23.0. The Kier molecular flexibility index (Phi) is 3.64. The van der Waals surface area contributed by atoms with Crippen LogP contribution >= 0.6 is 0 Å². The molecule has 0 amide bonds. The van der Waals surface area contributed by atoms with Crippen molar-refractivity contribution in [2.45, 2.75) is 32.4 Å². The fraction of sp³-hybridized carbons (Fsp3) is 0.500. The van der Waals surface area contributed by atoms with Crippen molar-refractivity contribution in [3.8, 4) is 0 Å². The first kappa shape index (κ1) is 13.1. The van der Waals surface area contributed by atoms with Crippen LogP contribution in [0.25, 0.3) is 0 Å². The number of H-pyrrole nitrogens is 1. The number of anilines is 1. The molecule has 0 bridgehead atoms. The third-order valence-corrected chi connectivity index (χ3v) is 3.45. The Balaban J connectivity index is 1.70. The molecular weight excluding hydrogens is 252 g/mol. The molecule has 1 saturated heterocycles. The molecule has 0 aliphatic carbocycles. The Morgan fingerprint density at radius 1 is 1.30 bits per heavy atom. The summed E-state index contributed by atoms with van der Waals surface area (Å²) in [5.74, 6) is 1.68. The lowest BCUT2D eigenvalue weighted by molar-refractivity contribution is 0.403. The van der Waals surface area contributed by atoms with Gasteiger partial charge >= 0.3 is 0 Å². The van der Waals surface area contributed by atoms with E-state index in [2.05, 4.69) is 44.2 Å². The average Bonchev–Trinajstić information content (AvgIpc) is 2.87. The van der Waals surface area contributed by atoms with E-state index in [1.54, 1.807) is 6.20 Å². The fourth-order valence-corrected chi connectivity index (χ4v) is 2.69. The minimum absolute atomic E-state index is 0.457. The minimum atomic E-state index is 0.457. The molecule has 1 aliphatic heterocycles. The van der Waals surface area contributed by atoms with Gasteiger partial charge in [0.2, 0.25) is 5.95 Å². The molecule has 0 radical (unpaired) electrons. The van der Waals surface area contributed by atoms with Gasteiger partial charge in [-0.25, -0.2) is 0 Å². The highest BCUT2D eigenvalue weighted by molar-refractivity contribution is 5.31. The highest BCUT2D eigenvalue weighted by Crippen LogP contribution is 2.13. The van der Waals surface area contributed by atoms with Crippen LogP contribution in [-0.4, -0.2) is 45.3 Å². The Hall–Kier alpha value is -1.95. The van der Waals surface area contributed by atoms with E-state index in [0.717, 1.165) is 36.8 Å². The lowest BCUT2D eigenvalue weighted by atomic mass is 10.1. The highest BCUT2D eigenvalue weighted by Gasteiger charge is 2.23. The summed E-state index contributed by atoms with van der Waals surface area (Å²) < 4.78 is 0. The van der Waals surface area contributed by atoms with E-state index in [1.807, 2.05) is 18.3 Å². The second-order valence-corrected chi connectivity index (χ2v) is 5.49. The number of aromatic nitrogens is 4. The Morgan fingerprint density at radius 2 is 2.10 bits per heavy atom. The molecule has 2 unspecified atom stereocenters. The van der Waals surface area contributed by atoms with Gasteiger partial charge < -0.3 is 10.2 Å². The highest BCUT2D eigenvalue weighted by atomic mass is 15.4. The third kappa shape index (κ3) is 2.96. The van der Waals surface area contributed by atoms with Gasteiger partial charge in [-0.1, -0.05) is 6.07 Å². The van der Waals surface area contributed by atoms with Crippen LogP contribution in [0.4, 0.5) is 5.95 Å². The predicted octanol–water partition coefficient (Wildman–Crippen LogP) is 0.977. The molecule has 1 fully saturated rings. The molecule has 6 heteroatoms. The zero-order valence-corrected chi connectivity index (χ0v) is 11.9. The monoisotopic (exact) mass is 272 g/mol. The average molecular weight is 272 g/mol. The maximum Gasteiger partial charge on any atom is 0.244 e. The number of hydrogen-bond acceptors (Lipinski definition) is 5. The van der Waals surface area contributed by atoms with Crippen molar-refractivity contribution in [3.05, 3.63) is 35.9 Å². The summed E-state index contributed by atoms with van der Waals surface area (Å²) >= 11 is 0. The number of piperazine rings is 1. The number of hydrogen-bond donors (Lipinski definition) is 2. The van der Waals surface area contributed by atoms with Crippen LogP contribution in [-0.2, 0) is 6.42 Å². The van der Waals surface area contributed by atoms with Crippen molar-refractivity contribution < 1.29 is 0 Å². The van der Waals surface area contributed by atoms with E-state index in [9.17, 15) is 0 Å². The molecule has 20 heavy (non-hydrogen) atoms. The first-order chi connectivity index (χ1) is 9.70. The van der Waals surface area contributed by atoms with Crippen molar-refractivity contribution >= 4 is 5.95 Å². The largest absolute Gasteiger partial charge is 0.336 e. The molecule has 3 heterocycles. The third-order valence-electron chi connectivity index (χ3n) is 3.45. The Bertz CT molecular complexity index is 542. The maximum atomic E-state index is 4.60. The first-order valence-corrected chi connectivity index (χ1v) is 7.02. The van der Waals surface area contributed by atoms with E-state index < -0.39 is 0 Å². The minimum Gasteiger partial charge on any atom is -0.336 e. The first-order valence-electron chi connectivity index (χ1n) is 7.02. The van der Waals surface area contributed by atoms with Gasteiger partial charge in [0, 0.05) is 44.0 Å². The van der Waals surface area contributed by atoms with Crippen LogP contribution in [0.3, 0.4) is 0 Å². The van der Waals surface area contributed by atoms with Crippen LogP contribution in [0.1, 0.15) is 25.2 Å². The topological polar surface area (TPSA) is 69.7 Å². The van der Waals surface area contributed by atoms with Crippen molar-refractivity contribution in [2.24, 2.45) is 0 Å². The van der Waals surface area contributed by atoms with Crippen molar-refractivity contribution in [1.82, 2.24) is 25.5 Å². The van der Waals surface area contributed by atoms with Gasteiger partial charge in [-0.15, -0.1) is 5.10 Å². The lowest BCUT2D eigenvalue weighted by Gasteiger charge is -2.35. The van der Waals surface area contributed by atoms with Crippen LogP contribution in [0.5, 0.6) is 0 Å². The second kappa shape index (κ2) is 5.58. The van der Waals surface area contributed by atoms with Gasteiger partial charge in [-0.2, -0.15) is 4.98 Å². The lowest BCUT2D eigenvalue weighted by Crippen LogP contribution is -2.54. The van der Waals surface area contributed by atoms with Gasteiger partial charge in [0.15, 0.2) is 0 Å². The Morgan fingerprint density at radius 3 is 2.80 bits per heavy atom. The molecule has 2 atom stereocenters. The van der Waals surface area contributed by atoms with Gasteiger partial charge in [0.1, 0.15) is 5.82 Å². The summed E-state index contributed by atoms with van der Waals surface area (Å²) in [4.78, 5) is 10.9. The molecular formula is C14H20N6. The van der Waals surface area contributed by atoms with Gasteiger partial charge in [0.25, 0.3) is 0 Å². The molecule has 2 aromatic rings. The number of nitrogens with zero attached hydrogens (tertiary/aromatic N) is 4. The van der Waals surface area contributed by atoms with Crippen molar-refractivity contribution in [1.29, 1.82) is 0 Å². The SMILES string of the molecule is CC1CN(c2n[nH]c(Cc3cccnc3)n2)CC(C)N1. The van der Waals surface area contributed by atoms with Crippen molar-refractivity contribution in [2.75, 3.05) is 18.0 Å². The summed E-state index contributed by atoms with van der Waals surface area (Å²) in [6.45, 7) is 6.25. The maximum absolute atomic E-state index is 4.60. The van der Waals surface area contributed by atoms with Crippen LogP contribution in [0.15, 0.2) is 24.5 Å². The zero-order chi connectivity index (χ0) is 13.9. The summed E-state index contributed by atoms with van der Waals surface area (Å²) in [6, 6.07) is 4.90. The summed E-state index contributed by atoms with van der Waals surface area (Å²) in [6.07, 6.45) is 4.37. The standard InChI is InChI=1S/C14H20N6/c1-10-8-20(9-11(2)16-10)14-17-13(18-19-14)6-12-4-3-5-15-7-12/h3-5,7,10-11,16H,6,8-9H2,1-2H3,(H,17,18,19). The molecule has 6 nitrogen and oxygen atoms in total. The summed E-state index contributed by atoms with van der Waals surface area (Å²) in [7, 11) is 0. The molecule has 106 valence electrons. The van der Waals surface area contributed by atoms with Crippen LogP contribution in [0.2, 0.25) is 0 Å². The second-order valence-electron chi connectivity index (χ2n) is 5.49. The molecule has 0 saturated carbocycles. The smallest absolute Gasteiger partial charge is 0.244 e. The van der Waals surface area contributed by atoms with E-state index in [-0.39, 0.29) is 0 Å². The predicted molar refractivity (Wildman–Crippen MR) is 77.7 cm³/mol. The molecule has 2 aromatic heterocycles. The summed E-state index contributed by atoms with van der Waals surface area (Å²) in [5.41, 5.74) is 1.14. The molecule has 1 aliphatic rings. The van der Waals surface area contributed by atoms with Crippen LogP contribution in [0, 0.1) is 0 Å². The van der Waals surface area contributed by atoms with Gasteiger partial charge in [-0.05, 0) is 25.5 Å².